The molecule has 1 aliphatic rings. The van der Waals surface area contributed by atoms with Gasteiger partial charge in [0.1, 0.15) is 12.0 Å². The smallest absolute Gasteiger partial charge is 0.409 e. The zero-order chi connectivity index (χ0) is 22.2. The van der Waals surface area contributed by atoms with Gasteiger partial charge in [-0.3, -0.25) is 0 Å². The molecule has 0 unspecified atom stereocenters. The van der Waals surface area contributed by atoms with Crippen molar-refractivity contribution in [2.24, 2.45) is 0 Å². The van der Waals surface area contributed by atoms with Crippen molar-refractivity contribution in [1.82, 2.24) is 20.2 Å². The maximum Gasteiger partial charge on any atom is 0.409 e. The van der Waals surface area contributed by atoms with Crippen molar-refractivity contribution in [3.8, 4) is 0 Å². The SMILES string of the molecule is CCOC(=O)N1CCC(NC(=S)Nc2cncnc2NCc2ccc(C)cc2C)CC1. The number of aromatic nitrogens is 2. The Balaban J connectivity index is 1.52. The van der Waals surface area contributed by atoms with Gasteiger partial charge in [-0.1, -0.05) is 23.8 Å². The van der Waals surface area contributed by atoms with Crippen LogP contribution in [0, 0.1) is 13.8 Å². The summed E-state index contributed by atoms with van der Waals surface area (Å²) in [6.07, 6.45) is 4.58. The normalized spacial score (nSPS) is 14.1. The molecular formula is C22H30N6O2S. The van der Waals surface area contributed by atoms with Gasteiger partial charge in [-0.2, -0.15) is 0 Å². The number of hydrogen-bond acceptors (Lipinski definition) is 6. The van der Waals surface area contributed by atoms with E-state index in [-0.39, 0.29) is 12.1 Å². The van der Waals surface area contributed by atoms with E-state index < -0.39 is 0 Å². The Bertz CT molecular complexity index is 915. The quantitative estimate of drug-likeness (QED) is 0.585. The van der Waals surface area contributed by atoms with Crippen molar-refractivity contribution in [3.05, 3.63) is 47.4 Å². The Hall–Kier alpha value is -2.94. The Kier molecular flexibility index (Phi) is 8.00. The highest BCUT2D eigenvalue weighted by Gasteiger charge is 2.24. The van der Waals surface area contributed by atoms with E-state index in [2.05, 4.69) is 58.0 Å². The van der Waals surface area contributed by atoms with Gasteiger partial charge in [0.05, 0.1) is 12.8 Å². The Labute approximate surface area is 188 Å². The van der Waals surface area contributed by atoms with Crippen LogP contribution in [-0.2, 0) is 11.3 Å². The molecule has 0 aliphatic carbocycles. The number of hydrogen-bond donors (Lipinski definition) is 3. The summed E-state index contributed by atoms with van der Waals surface area (Å²) in [4.78, 5) is 22.0. The first-order valence-electron chi connectivity index (χ1n) is 10.6. The van der Waals surface area contributed by atoms with Crippen molar-refractivity contribution in [2.75, 3.05) is 30.3 Å². The lowest BCUT2D eigenvalue weighted by Gasteiger charge is -2.32. The number of piperidine rings is 1. The van der Waals surface area contributed by atoms with E-state index in [1.54, 1.807) is 11.1 Å². The third-order valence-electron chi connectivity index (χ3n) is 5.26. The van der Waals surface area contributed by atoms with E-state index in [1.807, 2.05) is 6.92 Å². The first kappa shape index (κ1) is 22.7. The Morgan fingerprint density at radius 2 is 2.06 bits per heavy atom. The van der Waals surface area contributed by atoms with Gasteiger partial charge in [0.15, 0.2) is 10.9 Å². The first-order valence-corrected chi connectivity index (χ1v) is 11.0. The van der Waals surface area contributed by atoms with Crippen LogP contribution < -0.4 is 16.0 Å². The zero-order valence-corrected chi connectivity index (χ0v) is 19.1. The number of amides is 1. The van der Waals surface area contributed by atoms with Crippen molar-refractivity contribution < 1.29 is 9.53 Å². The lowest BCUT2D eigenvalue weighted by Crippen LogP contribution is -2.47. The molecule has 8 nitrogen and oxygen atoms in total. The summed E-state index contributed by atoms with van der Waals surface area (Å²) in [6, 6.07) is 6.60. The minimum Gasteiger partial charge on any atom is -0.450 e. The fraction of sp³-hybridized carbons (Fsp3) is 0.455. The minimum absolute atomic E-state index is 0.196. The predicted octanol–water partition coefficient (Wildman–Crippen LogP) is 3.61. The molecule has 2 aromatic rings. The molecule has 9 heteroatoms. The number of likely N-dealkylation sites (tertiary alicyclic amines) is 1. The van der Waals surface area contributed by atoms with Crippen LogP contribution in [0.5, 0.6) is 0 Å². The molecule has 3 rings (SSSR count). The fourth-order valence-corrected chi connectivity index (χ4v) is 3.83. The number of thiocarbonyl (C=S) groups is 1. The summed E-state index contributed by atoms with van der Waals surface area (Å²) < 4.78 is 5.07. The van der Waals surface area contributed by atoms with E-state index in [0.29, 0.717) is 42.9 Å². The molecule has 1 aliphatic heterocycles. The van der Waals surface area contributed by atoms with Gasteiger partial charge in [0.2, 0.25) is 0 Å². The second-order valence-electron chi connectivity index (χ2n) is 7.63. The molecule has 166 valence electrons. The van der Waals surface area contributed by atoms with Crippen LogP contribution in [0.25, 0.3) is 0 Å². The van der Waals surface area contributed by atoms with E-state index in [9.17, 15) is 4.79 Å². The van der Waals surface area contributed by atoms with Crippen LogP contribution >= 0.6 is 12.2 Å². The number of anilines is 2. The number of carbonyl (C=O) groups excluding carboxylic acids is 1. The Morgan fingerprint density at radius 1 is 1.29 bits per heavy atom. The highest BCUT2D eigenvalue weighted by atomic mass is 32.1. The standard InChI is InChI=1S/C22H30N6O2S/c1-4-30-22(29)28-9-7-18(8-10-28)26-21(31)27-19-13-23-14-25-20(19)24-12-17-6-5-15(2)11-16(17)3/h5-6,11,13-14,18H,4,7-10,12H2,1-3H3,(H,23,24,25)(H2,26,27,31). The molecule has 1 fully saturated rings. The fourth-order valence-electron chi connectivity index (χ4n) is 3.55. The molecule has 0 saturated carbocycles. The van der Waals surface area contributed by atoms with Gasteiger partial charge in [-0.05, 0) is 57.0 Å². The maximum atomic E-state index is 11.8. The second-order valence-corrected chi connectivity index (χ2v) is 8.04. The maximum absolute atomic E-state index is 11.8. The van der Waals surface area contributed by atoms with E-state index in [4.69, 9.17) is 17.0 Å². The lowest BCUT2D eigenvalue weighted by atomic mass is 10.1. The summed E-state index contributed by atoms with van der Waals surface area (Å²) in [5.41, 5.74) is 4.41. The molecule has 0 bridgehead atoms. The minimum atomic E-state index is -0.248. The highest BCUT2D eigenvalue weighted by molar-refractivity contribution is 7.80. The highest BCUT2D eigenvalue weighted by Crippen LogP contribution is 2.19. The average molecular weight is 443 g/mol. The number of benzene rings is 1. The number of ether oxygens (including phenoxy) is 1. The van der Waals surface area contributed by atoms with E-state index in [1.165, 1.54) is 23.0 Å². The second kappa shape index (κ2) is 10.9. The van der Waals surface area contributed by atoms with Crippen molar-refractivity contribution in [2.45, 2.75) is 46.2 Å². The van der Waals surface area contributed by atoms with E-state index >= 15 is 0 Å². The average Bonchev–Trinajstić information content (AvgIpc) is 2.75. The number of carbonyl (C=O) groups is 1. The monoisotopic (exact) mass is 442 g/mol. The van der Waals surface area contributed by atoms with Gasteiger partial charge < -0.3 is 25.6 Å². The van der Waals surface area contributed by atoms with Crippen molar-refractivity contribution in [3.63, 3.8) is 0 Å². The van der Waals surface area contributed by atoms with Crippen LogP contribution in [0.15, 0.2) is 30.7 Å². The molecule has 1 saturated heterocycles. The van der Waals surface area contributed by atoms with Crippen LogP contribution in [0.1, 0.15) is 36.5 Å². The molecular weight excluding hydrogens is 412 g/mol. The summed E-state index contributed by atoms with van der Waals surface area (Å²) in [5, 5.41) is 10.4. The van der Waals surface area contributed by atoms with Crippen LogP contribution in [0.2, 0.25) is 0 Å². The summed E-state index contributed by atoms with van der Waals surface area (Å²) in [5.74, 6) is 0.691. The van der Waals surface area contributed by atoms with Crippen LogP contribution in [0.4, 0.5) is 16.3 Å². The van der Waals surface area contributed by atoms with Gasteiger partial charge in [0.25, 0.3) is 0 Å². The number of nitrogens with zero attached hydrogens (tertiary/aromatic N) is 3. The first-order chi connectivity index (χ1) is 15.0. The van der Waals surface area contributed by atoms with Crippen LogP contribution in [0.3, 0.4) is 0 Å². The van der Waals surface area contributed by atoms with Gasteiger partial charge in [-0.15, -0.1) is 0 Å². The third-order valence-corrected chi connectivity index (χ3v) is 5.48. The lowest BCUT2D eigenvalue weighted by molar-refractivity contribution is 0.0964. The number of aryl methyl sites for hydroxylation is 2. The molecule has 1 amide bonds. The molecule has 31 heavy (non-hydrogen) atoms. The topological polar surface area (TPSA) is 91.4 Å². The predicted molar refractivity (Wildman–Crippen MR) is 126 cm³/mol. The van der Waals surface area contributed by atoms with E-state index in [0.717, 1.165) is 12.8 Å². The number of nitrogens with one attached hydrogen (secondary N) is 3. The van der Waals surface area contributed by atoms with Gasteiger partial charge in [-0.25, -0.2) is 14.8 Å². The molecule has 0 atom stereocenters. The van der Waals surface area contributed by atoms with Gasteiger partial charge in [0, 0.05) is 25.7 Å². The molecule has 1 aromatic carbocycles. The zero-order valence-electron chi connectivity index (χ0n) is 18.3. The summed E-state index contributed by atoms with van der Waals surface area (Å²) >= 11 is 5.50. The molecule has 0 radical (unpaired) electrons. The molecule has 1 aromatic heterocycles. The number of rotatable bonds is 6. The molecule has 2 heterocycles. The van der Waals surface area contributed by atoms with Gasteiger partial charge >= 0.3 is 6.09 Å². The summed E-state index contributed by atoms with van der Waals surface area (Å²) in [6.45, 7) is 8.36. The Morgan fingerprint density at radius 3 is 2.77 bits per heavy atom. The molecule has 3 N–H and O–H groups in total. The summed E-state index contributed by atoms with van der Waals surface area (Å²) in [7, 11) is 0. The van der Waals surface area contributed by atoms with Crippen molar-refractivity contribution >= 4 is 34.9 Å². The van der Waals surface area contributed by atoms with Crippen molar-refractivity contribution in [1.29, 1.82) is 0 Å². The largest absolute Gasteiger partial charge is 0.450 e. The van der Waals surface area contributed by atoms with Crippen LogP contribution in [-0.4, -0.2) is 51.8 Å². The molecule has 0 spiro atoms. The third kappa shape index (κ3) is 6.52.